The Morgan fingerprint density at radius 2 is 1.69 bits per heavy atom. The van der Waals surface area contributed by atoms with Crippen molar-refractivity contribution in [1.29, 1.82) is 0 Å². The van der Waals surface area contributed by atoms with Crippen LogP contribution in [-0.4, -0.2) is 28.6 Å². The molecule has 1 heterocycles. The number of para-hydroxylation sites is 2. The molecule has 0 aliphatic rings. The molecule has 0 fully saturated rings. The van der Waals surface area contributed by atoms with Gasteiger partial charge in [0.05, 0.1) is 12.3 Å². The maximum Gasteiger partial charge on any atom is 0.410 e. The molecule has 2 aromatic carbocycles. The molecule has 0 saturated carbocycles. The van der Waals surface area contributed by atoms with E-state index in [-0.39, 0.29) is 11.7 Å². The van der Waals surface area contributed by atoms with Crippen LogP contribution in [0.15, 0.2) is 47.2 Å². The minimum absolute atomic E-state index is 0.108. The third kappa shape index (κ3) is 8.51. The molecular formula is C26H31BrN4O4. The summed E-state index contributed by atoms with van der Waals surface area (Å²) in [6.45, 7) is 2.61. The van der Waals surface area contributed by atoms with E-state index in [0.717, 1.165) is 71.8 Å². The standard InChI is InChI=1S/C26H31BrN4O4/c1-18-20-15-19(27)16-23(25(20)30-17-29-18)34-14-10-6-4-2-3-5-7-13-24(32)31-21-11-8-9-12-22(21)35-26(28)33/h8-9,11-12,15-17H,2-7,10,13-14H2,1H3,(H2,28,33)(H,31,32). The number of primary amides is 1. The Kier molecular flexibility index (Phi) is 10.3. The molecule has 3 rings (SSSR count). The summed E-state index contributed by atoms with van der Waals surface area (Å²) in [6.07, 6.45) is 8.30. The van der Waals surface area contributed by atoms with Crippen molar-refractivity contribution in [3.8, 4) is 11.5 Å². The van der Waals surface area contributed by atoms with Crippen LogP contribution in [0.4, 0.5) is 10.5 Å². The lowest BCUT2D eigenvalue weighted by atomic mass is 10.1. The van der Waals surface area contributed by atoms with Crippen molar-refractivity contribution in [3.05, 3.63) is 52.9 Å². The fraction of sp³-hybridized carbons (Fsp3) is 0.385. The summed E-state index contributed by atoms with van der Waals surface area (Å²) in [5, 5.41) is 3.77. The topological polar surface area (TPSA) is 116 Å². The number of nitrogens with two attached hydrogens (primary N) is 1. The van der Waals surface area contributed by atoms with Crippen LogP contribution in [-0.2, 0) is 4.79 Å². The van der Waals surface area contributed by atoms with Gasteiger partial charge < -0.3 is 20.5 Å². The van der Waals surface area contributed by atoms with Gasteiger partial charge in [-0.1, -0.05) is 60.2 Å². The molecule has 0 aliphatic heterocycles. The average Bonchev–Trinajstić information content (AvgIpc) is 2.82. The fourth-order valence-corrected chi connectivity index (χ4v) is 4.21. The third-order valence-electron chi connectivity index (χ3n) is 5.55. The molecule has 0 radical (unpaired) electrons. The summed E-state index contributed by atoms with van der Waals surface area (Å²) in [7, 11) is 0. The Labute approximate surface area is 213 Å². The highest BCUT2D eigenvalue weighted by Crippen LogP contribution is 2.30. The molecule has 0 atom stereocenters. The second kappa shape index (κ2) is 13.6. The summed E-state index contributed by atoms with van der Waals surface area (Å²) in [5.74, 6) is 0.916. The number of carbonyl (C=O) groups excluding carboxylic acids is 2. The number of anilines is 1. The molecule has 3 aromatic rings. The van der Waals surface area contributed by atoms with Crippen LogP contribution < -0.4 is 20.5 Å². The molecule has 0 aliphatic carbocycles. The van der Waals surface area contributed by atoms with E-state index in [0.29, 0.717) is 18.7 Å². The van der Waals surface area contributed by atoms with Gasteiger partial charge in [0.25, 0.3) is 0 Å². The van der Waals surface area contributed by atoms with Gasteiger partial charge in [0.1, 0.15) is 17.6 Å². The molecule has 35 heavy (non-hydrogen) atoms. The molecule has 186 valence electrons. The second-order valence-corrected chi connectivity index (χ2v) is 9.21. The molecular weight excluding hydrogens is 512 g/mol. The minimum atomic E-state index is -0.912. The summed E-state index contributed by atoms with van der Waals surface area (Å²) in [6, 6.07) is 10.7. The molecule has 8 nitrogen and oxygen atoms in total. The zero-order chi connectivity index (χ0) is 25.0. The van der Waals surface area contributed by atoms with E-state index in [1.807, 2.05) is 19.1 Å². The number of ether oxygens (including phenoxy) is 2. The van der Waals surface area contributed by atoms with Crippen molar-refractivity contribution in [1.82, 2.24) is 9.97 Å². The number of rotatable bonds is 13. The maximum atomic E-state index is 12.2. The van der Waals surface area contributed by atoms with Crippen LogP contribution in [0.2, 0.25) is 0 Å². The molecule has 0 saturated heterocycles. The Bertz CT molecular complexity index is 1160. The molecule has 0 bridgehead atoms. The lowest BCUT2D eigenvalue weighted by Crippen LogP contribution is -2.18. The Morgan fingerprint density at radius 1 is 0.971 bits per heavy atom. The lowest BCUT2D eigenvalue weighted by Gasteiger charge is -2.10. The molecule has 3 N–H and O–H groups in total. The number of carbonyl (C=O) groups is 2. The average molecular weight is 543 g/mol. The zero-order valence-electron chi connectivity index (χ0n) is 19.9. The van der Waals surface area contributed by atoms with Crippen molar-refractivity contribution >= 4 is 44.5 Å². The molecule has 0 unspecified atom stereocenters. The second-order valence-electron chi connectivity index (χ2n) is 8.30. The van der Waals surface area contributed by atoms with Crippen LogP contribution in [0.5, 0.6) is 11.5 Å². The van der Waals surface area contributed by atoms with E-state index in [1.54, 1.807) is 30.6 Å². The molecule has 0 spiro atoms. The van der Waals surface area contributed by atoms with Gasteiger partial charge in [-0.25, -0.2) is 14.8 Å². The number of hydrogen-bond donors (Lipinski definition) is 2. The highest BCUT2D eigenvalue weighted by Gasteiger charge is 2.10. The quantitative estimate of drug-likeness (QED) is 0.245. The normalized spacial score (nSPS) is 10.8. The van der Waals surface area contributed by atoms with E-state index in [9.17, 15) is 9.59 Å². The van der Waals surface area contributed by atoms with Gasteiger partial charge in [0.2, 0.25) is 5.91 Å². The van der Waals surface area contributed by atoms with Crippen molar-refractivity contribution in [2.24, 2.45) is 5.73 Å². The summed E-state index contributed by atoms with van der Waals surface area (Å²) in [5.41, 5.74) is 7.27. The molecule has 1 aromatic heterocycles. The number of amides is 2. The van der Waals surface area contributed by atoms with E-state index in [1.165, 1.54) is 0 Å². The fourth-order valence-electron chi connectivity index (χ4n) is 3.77. The van der Waals surface area contributed by atoms with Crippen LogP contribution in [0.1, 0.15) is 57.1 Å². The number of halogens is 1. The predicted octanol–water partition coefficient (Wildman–Crippen LogP) is 6.30. The van der Waals surface area contributed by atoms with Gasteiger partial charge in [0.15, 0.2) is 5.75 Å². The van der Waals surface area contributed by atoms with Crippen LogP contribution in [0.3, 0.4) is 0 Å². The monoisotopic (exact) mass is 542 g/mol. The number of benzene rings is 2. The van der Waals surface area contributed by atoms with Crippen molar-refractivity contribution < 1.29 is 19.1 Å². The highest BCUT2D eigenvalue weighted by atomic mass is 79.9. The Balaban J connectivity index is 1.26. The number of aromatic nitrogens is 2. The first kappa shape index (κ1) is 26.4. The SMILES string of the molecule is Cc1ncnc2c(OCCCCCCCCCC(=O)Nc3ccccc3OC(N)=O)cc(Br)cc12. The summed E-state index contributed by atoms with van der Waals surface area (Å²) in [4.78, 5) is 31.8. The predicted molar refractivity (Wildman–Crippen MR) is 140 cm³/mol. The van der Waals surface area contributed by atoms with Crippen LogP contribution in [0, 0.1) is 6.92 Å². The number of fused-ring (bicyclic) bond motifs is 1. The first-order chi connectivity index (χ1) is 16.9. The van der Waals surface area contributed by atoms with Crippen molar-refractivity contribution in [3.63, 3.8) is 0 Å². The van der Waals surface area contributed by atoms with Gasteiger partial charge in [-0.3, -0.25) is 4.79 Å². The Morgan fingerprint density at radius 3 is 2.46 bits per heavy atom. The van der Waals surface area contributed by atoms with Crippen LogP contribution >= 0.6 is 15.9 Å². The van der Waals surface area contributed by atoms with Gasteiger partial charge in [-0.15, -0.1) is 0 Å². The largest absolute Gasteiger partial charge is 0.491 e. The van der Waals surface area contributed by atoms with E-state index < -0.39 is 6.09 Å². The summed E-state index contributed by atoms with van der Waals surface area (Å²) < 4.78 is 11.9. The van der Waals surface area contributed by atoms with Gasteiger partial charge in [0, 0.05) is 22.0 Å². The van der Waals surface area contributed by atoms with E-state index >= 15 is 0 Å². The Hall–Kier alpha value is -3.20. The van der Waals surface area contributed by atoms with Crippen molar-refractivity contribution in [2.75, 3.05) is 11.9 Å². The number of hydrogen-bond acceptors (Lipinski definition) is 6. The minimum Gasteiger partial charge on any atom is -0.491 e. The maximum absolute atomic E-state index is 12.2. The first-order valence-electron chi connectivity index (χ1n) is 11.8. The van der Waals surface area contributed by atoms with E-state index in [2.05, 4.69) is 31.2 Å². The smallest absolute Gasteiger partial charge is 0.410 e. The first-order valence-corrected chi connectivity index (χ1v) is 12.6. The zero-order valence-corrected chi connectivity index (χ0v) is 21.5. The van der Waals surface area contributed by atoms with Crippen molar-refractivity contribution in [2.45, 2.75) is 58.3 Å². The third-order valence-corrected chi connectivity index (χ3v) is 6.00. The van der Waals surface area contributed by atoms with Gasteiger partial charge in [-0.05, 0) is 44.0 Å². The van der Waals surface area contributed by atoms with Crippen LogP contribution in [0.25, 0.3) is 10.9 Å². The summed E-state index contributed by atoms with van der Waals surface area (Å²) >= 11 is 3.54. The number of nitrogens with one attached hydrogen (secondary N) is 1. The molecule has 2 amide bonds. The number of nitrogens with zero attached hydrogens (tertiary/aromatic N) is 2. The van der Waals surface area contributed by atoms with E-state index in [4.69, 9.17) is 15.2 Å². The molecule has 9 heteroatoms. The van der Waals surface area contributed by atoms with Gasteiger partial charge >= 0.3 is 6.09 Å². The van der Waals surface area contributed by atoms with Gasteiger partial charge in [-0.2, -0.15) is 0 Å². The lowest BCUT2D eigenvalue weighted by molar-refractivity contribution is -0.116. The highest BCUT2D eigenvalue weighted by molar-refractivity contribution is 9.10. The number of unbranched alkanes of at least 4 members (excludes halogenated alkanes) is 6. The number of aryl methyl sites for hydroxylation is 1.